The van der Waals surface area contributed by atoms with E-state index in [2.05, 4.69) is 5.32 Å². The van der Waals surface area contributed by atoms with Crippen LogP contribution in [-0.4, -0.2) is 11.7 Å². The number of nitrogens with one attached hydrogen (secondary N) is 1. The zero-order chi connectivity index (χ0) is 13.1. The van der Waals surface area contributed by atoms with E-state index in [0.29, 0.717) is 21.3 Å². The highest BCUT2D eigenvalue weighted by atomic mass is 35.5. The first-order valence-electron chi connectivity index (χ1n) is 5.24. The summed E-state index contributed by atoms with van der Waals surface area (Å²) in [4.78, 5) is 22.9. The van der Waals surface area contributed by atoms with Crippen molar-refractivity contribution < 1.29 is 9.59 Å². The predicted molar refractivity (Wildman–Crippen MR) is 71.9 cm³/mol. The van der Waals surface area contributed by atoms with Gasteiger partial charge in [0.05, 0.1) is 15.7 Å². The van der Waals surface area contributed by atoms with Crippen LogP contribution >= 0.6 is 23.2 Å². The van der Waals surface area contributed by atoms with Crippen LogP contribution in [0, 0.1) is 0 Å². The van der Waals surface area contributed by atoms with Crippen LogP contribution in [0.5, 0.6) is 0 Å². The summed E-state index contributed by atoms with van der Waals surface area (Å²) in [5.41, 5.74) is 0.881. The second-order valence-corrected chi connectivity index (χ2v) is 4.50. The van der Waals surface area contributed by atoms with Crippen molar-refractivity contribution in [1.82, 2.24) is 0 Å². The van der Waals surface area contributed by atoms with Gasteiger partial charge in [0.25, 0.3) is 5.91 Å². The second-order valence-electron chi connectivity index (χ2n) is 3.72. The number of carbonyl (C=O) groups excluding carboxylic acids is 2. The first-order chi connectivity index (χ1) is 8.58. The number of carbonyl (C=O) groups is 2. The van der Waals surface area contributed by atoms with Crippen molar-refractivity contribution in [2.45, 2.75) is 6.42 Å². The Morgan fingerprint density at radius 1 is 1.22 bits per heavy atom. The fourth-order valence-electron chi connectivity index (χ4n) is 1.49. The van der Waals surface area contributed by atoms with Crippen LogP contribution < -0.4 is 5.32 Å². The Balaban J connectivity index is 2.15. The molecule has 2 rings (SSSR count). The van der Waals surface area contributed by atoms with Crippen molar-refractivity contribution in [3.63, 3.8) is 0 Å². The Kier molecular flexibility index (Phi) is 3.84. The zero-order valence-corrected chi connectivity index (χ0v) is 10.8. The van der Waals surface area contributed by atoms with Crippen molar-refractivity contribution in [2.75, 3.05) is 5.32 Å². The molecule has 5 heteroatoms. The molecule has 0 saturated carbocycles. The summed E-state index contributed by atoms with van der Waals surface area (Å²) in [6.45, 7) is 0. The molecule has 0 bridgehead atoms. The van der Waals surface area contributed by atoms with Gasteiger partial charge in [-0.2, -0.15) is 0 Å². The maximum atomic E-state index is 11.9. The second kappa shape index (κ2) is 5.38. The van der Waals surface area contributed by atoms with Gasteiger partial charge < -0.3 is 5.32 Å². The number of allylic oxidation sites excluding steroid dienone is 2. The molecule has 1 N–H and O–H groups in total. The molecule has 0 spiro atoms. The molecule has 3 nitrogen and oxygen atoms in total. The van der Waals surface area contributed by atoms with Crippen LogP contribution in [0.25, 0.3) is 0 Å². The molecule has 0 radical (unpaired) electrons. The normalized spacial score (nSPS) is 14.3. The van der Waals surface area contributed by atoms with Crippen molar-refractivity contribution in [2.24, 2.45) is 0 Å². The Hall–Kier alpha value is -1.58. The molecule has 0 unspecified atom stereocenters. The lowest BCUT2D eigenvalue weighted by Crippen LogP contribution is -2.15. The summed E-state index contributed by atoms with van der Waals surface area (Å²) in [6.07, 6.45) is 4.69. The van der Waals surface area contributed by atoms with Crippen molar-refractivity contribution in [3.05, 3.63) is 52.0 Å². The summed E-state index contributed by atoms with van der Waals surface area (Å²) < 4.78 is 0. The van der Waals surface area contributed by atoms with Crippen LogP contribution in [0.1, 0.15) is 6.42 Å². The fourth-order valence-corrected chi connectivity index (χ4v) is 1.84. The maximum absolute atomic E-state index is 11.9. The largest absolute Gasteiger partial charge is 0.321 e. The summed E-state index contributed by atoms with van der Waals surface area (Å²) >= 11 is 11.8. The average molecular weight is 282 g/mol. The van der Waals surface area contributed by atoms with Gasteiger partial charge in [0, 0.05) is 12.0 Å². The lowest BCUT2D eigenvalue weighted by Gasteiger charge is -2.10. The lowest BCUT2D eigenvalue weighted by molar-refractivity contribution is -0.113. The molecule has 0 aromatic heterocycles. The minimum absolute atomic E-state index is 0.0210. The van der Waals surface area contributed by atoms with Crippen molar-refractivity contribution >= 4 is 40.6 Å². The Bertz CT molecular complexity index is 576. The third-order valence-corrected chi connectivity index (χ3v) is 3.25. The molecule has 0 heterocycles. The van der Waals surface area contributed by atoms with Gasteiger partial charge in [0.2, 0.25) is 0 Å². The van der Waals surface area contributed by atoms with Crippen molar-refractivity contribution in [1.29, 1.82) is 0 Å². The van der Waals surface area contributed by atoms with Gasteiger partial charge in [-0.1, -0.05) is 35.3 Å². The molecule has 18 heavy (non-hydrogen) atoms. The molecular weight excluding hydrogens is 273 g/mol. The number of benzene rings is 1. The number of rotatable bonds is 2. The van der Waals surface area contributed by atoms with E-state index in [-0.39, 0.29) is 18.1 Å². The number of anilines is 1. The molecule has 1 aliphatic rings. The topological polar surface area (TPSA) is 46.2 Å². The van der Waals surface area contributed by atoms with E-state index >= 15 is 0 Å². The quantitative estimate of drug-likeness (QED) is 0.903. The molecule has 92 valence electrons. The highest BCUT2D eigenvalue weighted by Gasteiger charge is 2.13. The Labute approximate surface area is 114 Å². The highest BCUT2D eigenvalue weighted by molar-refractivity contribution is 6.44. The van der Waals surface area contributed by atoms with E-state index in [1.165, 1.54) is 12.2 Å². The van der Waals surface area contributed by atoms with Gasteiger partial charge in [0.1, 0.15) is 0 Å². The number of hydrogen-bond acceptors (Lipinski definition) is 2. The van der Waals surface area contributed by atoms with E-state index < -0.39 is 0 Å². The third-order valence-electron chi connectivity index (χ3n) is 2.43. The van der Waals surface area contributed by atoms with Crippen LogP contribution in [-0.2, 0) is 9.59 Å². The van der Waals surface area contributed by atoms with E-state index in [4.69, 9.17) is 23.2 Å². The summed E-state index contributed by atoms with van der Waals surface area (Å²) in [6, 6.07) is 4.99. The minimum atomic E-state index is -0.317. The SMILES string of the molecule is O=C1C=CC(C(=O)Nc2cccc(Cl)c2Cl)=CC1. The van der Waals surface area contributed by atoms with E-state index in [9.17, 15) is 9.59 Å². The Morgan fingerprint density at radius 2 is 2.00 bits per heavy atom. The van der Waals surface area contributed by atoms with E-state index in [1.807, 2.05) is 0 Å². The van der Waals surface area contributed by atoms with Crippen LogP contribution in [0.3, 0.4) is 0 Å². The van der Waals surface area contributed by atoms with Crippen molar-refractivity contribution in [3.8, 4) is 0 Å². The third kappa shape index (κ3) is 2.81. The molecular formula is C13H9Cl2NO2. The van der Waals surface area contributed by atoms with Gasteiger partial charge in [-0.25, -0.2) is 0 Å². The van der Waals surface area contributed by atoms with Gasteiger partial charge in [-0.3, -0.25) is 9.59 Å². The summed E-state index contributed by atoms with van der Waals surface area (Å²) in [7, 11) is 0. The number of amides is 1. The molecule has 0 fully saturated rings. The average Bonchev–Trinajstić information content (AvgIpc) is 2.36. The predicted octanol–water partition coefficient (Wildman–Crippen LogP) is 3.39. The molecule has 0 atom stereocenters. The van der Waals surface area contributed by atoms with Gasteiger partial charge in [-0.15, -0.1) is 0 Å². The summed E-state index contributed by atoms with van der Waals surface area (Å²) in [5.74, 6) is -0.338. The maximum Gasteiger partial charge on any atom is 0.255 e. The molecule has 0 aliphatic heterocycles. The molecule has 1 aromatic rings. The monoisotopic (exact) mass is 281 g/mol. The van der Waals surface area contributed by atoms with Crippen LogP contribution in [0.15, 0.2) is 42.0 Å². The first kappa shape index (κ1) is 12.9. The standard InChI is InChI=1S/C13H9Cl2NO2/c14-10-2-1-3-11(12(10)15)16-13(18)8-4-6-9(17)7-5-8/h1-6H,7H2,(H,16,18). The molecule has 0 saturated heterocycles. The molecule has 1 amide bonds. The molecule has 1 aliphatic carbocycles. The van der Waals surface area contributed by atoms with Gasteiger partial charge >= 0.3 is 0 Å². The Morgan fingerprint density at radius 3 is 2.67 bits per heavy atom. The highest BCUT2D eigenvalue weighted by Crippen LogP contribution is 2.29. The van der Waals surface area contributed by atoms with Crippen LogP contribution in [0.4, 0.5) is 5.69 Å². The number of halogens is 2. The first-order valence-corrected chi connectivity index (χ1v) is 6.00. The number of hydrogen-bond donors (Lipinski definition) is 1. The van der Waals surface area contributed by atoms with Gasteiger partial charge in [-0.05, 0) is 24.3 Å². The minimum Gasteiger partial charge on any atom is -0.321 e. The van der Waals surface area contributed by atoms with E-state index in [0.717, 1.165) is 0 Å². The smallest absolute Gasteiger partial charge is 0.255 e. The zero-order valence-electron chi connectivity index (χ0n) is 9.24. The lowest BCUT2D eigenvalue weighted by atomic mass is 10.1. The molecule has 1 aromatic carbocycles. The van der Waals surface area contributed by atoms with Gasteiger partial charge in [0.15, 0.2) is 5.78 Å². The summed E-state index contributed by atoms with van der Waals surface area (Å²) in [5, 5.41) is 3.32. The van der Waals surface area contributed by atoms with Crippen LogP contribution in [0.2, 0.25) is 10.0 Å². The van der Waals surface area contributed by atoms with E-state index in [1.54, 1.807) is 24.3 Å². The fraction of sp³-hybridized carbons (Fsp3) is 0.0769. The number of ketones is 1.